The summed E-state index contributed by atoms with van der Waals surface area (Å²) in [6, 6.07) is 6.91. The van der Waals surface area contributed by atoms with Crippen molar-refractivity contribution < 1.29 is 4.39 Å². The third-order valence-electron chi connectivity index (χ3n) is 4.65. The predicted molar refractivity (Wildman–Crippen MR) is 103 cm³/mol. The van der Waals surface area contributed by atoms with Crippen molar-refractivity contribution in [3.8, 4) is 0 Å². The highest BCUT2D eigenvalue weighted by molar-refractivity contribution is 5.79. The van der Waals surface area contributed by atoms with Crippen LogP contribution >= 0.6 is 0 Å². The molecule has 25 heavy (non-hydrogen) atoms. The van der Waals surface area contributed by atoms with E-state index in [2.05, 4.69) is 39.4 Å². The van der Waals surface area contributed by atoms with Crippen molar-refractivity contribution in [1.29, 1.82) is 0 Å². The Labute approximate surface area is 151 Å². The number of hydrogen-bond donors (Lipinski definition) is 2. The molecule has 0 bridgehead atoms. The molecule has 5 nitrogen and oxygen atoms in total. The minimum Gasteiger partial charge on any atom is -0.356 e. The molecule has 0 saturated carbocycles. The summed E-state index contributed by atoms with van der Waals surface area (Å²) in [6.07, 6.45) is 0.643. The standard InChI is InChI=1S/C19H32FN5/c1-16(15-25-12-10-24(3)11-13-25)14-23-19(21-2)22-9-8-17-6-4-5-7-18(17)20/h4-7,16H,8-15H2,1-3H3,(H2,21,22,23). The predicted octanol–water partition coefficient (Wildman–Crippen LogP) is 1.42. The maximum absolute atomic E-state index is 13.6. The van der Waals surface area contributed by atoms with E-state index in [1.54, 1.807) is 13.1 Å². The van der Waals surface area contributed by atoms with E-state index in [0.717, 1.165) is 50.8 Å². The zero-order chi connectivity index (χ0) is 18.1. The fraction of sp³-hybridized carbons (Fsp3) is 0.632. The lowest BCUT2D eigenvalue weighted by Crippen LogP contribution is -2.47. The summed E-state index contributed by atoms with van der Waals surface area (Å²) in [6.45, 7) is 9.51. The zero-order valence-corrected chi connectivity index (χ0v) is 15.8. The largest absolute Gasteiger partial charge is 0.356 e. The molecule has 0 aromatic heterocycles. The van der Waals surface area contributed by atoms with Gasteiger partial charge >= 0.3 is 0 Å². The zero-order valence-electron chi connectivity index (χ0n) is 15.8. The van der Waals surface area contributed by atoms with Crippen LogP contribution in [0.25, 0.3) is 0 Å². The van der Waals surface area contributed by atoms with Gasteiger partial charge < -0.3 is 20.4 Å². The van der Waals surface area contributed by atoms with Gasteiger partial charge in [-0.25, -0.2) is 4.39 Å². The molecule has 6 heteroatoms. The molecule has 1 heterocycles. The van der Waals surface area contributed by atoms with Gasteiger partial charge in [-0.15, -0.1) is 0 Å². The second kappa shape index (κ2) is 10.4. The number of rotatable bonds is 7. The normalized spacial score (nSPS) is 18.2. The molecule has 1 saturated heterocycles. The van der Waals surface area contributed by atoms with Crippen LogP contribution in [0.15, 0.2) is 29.3 Å². The number of hydrogen-bond acceptors (Lipinski definition) is 3. The summed E-state index contributed by atoms with van der Waals surface area (Å²) in [5, 5.41) is 6.64. The van der Waals surface area contributed by atoms with Crippen LogP contribution in [0.5, 0.6) is 0 Å². The average molecular weight is 349 g/mol. The second-order valence-electron chi connectivity index (χ2n) is 6.93. The smallest absolute Gasteiger partial charge is 0.190 e. The molecular weight excluding hydrogens is 317 g/mol. The second-order valence-corrected chi connectivity index (χ2v) is 6.93. The van der Waals surface area contributed by atoms with Crippen molar-refractivity contribution in [3.05, 3.63) is 35.6 Å². The number of aliphatic imine (C=N–C) groups is 1. The molecule has 0 amide bonds. The van der Waals surface area contributed by atoms with Gasteiger partial charge in [0.15, 0.2) is 5.96 Å². The highest BCUT2D eigenvalue weighted by Crippen LogP contribution is 2.06. The summed E-state index contributed by atoms with van der Waals surface area (Å²) in [4.78, 5) is 9.16. The Bertz CT molecular complexity index is 540. The van der Waals surface area contributed by atoms with E-state index in [4.69, 9.17) is 0 Å². The van der Waals surface area contributed by atoms with E-state index in [-0.39, 0.29) is 5.82 Å². The van der Waals surface area contributed by atoms with Crippen LogP contribution in [0.2, 0.25) is 0 Å². The summed E-state index contributed by atoms with van der Waals surface area (Å²) < 4.78 is 13.6. The first-order valence-electron chi connectivity index (χ1n) is 9.17. The van der Waals surface area contributed by atoms with E-state index in [1.165, 1.54) is 6.07 Å². The molecular formula is C19H32FN5. The Morgan fingerprint density at radius 2 is 1.92 bits per heavy atom. The van der Waals surface area contributed by atoms with E-state index >= 15 is 0 Å². The number of nitrogens with zero attached hydrogens (tertiary/aromatic N) is 3. The maximum atomic E-state index is 13.6. The summed E-state index contributed by atoms with van der Waals surface area (Å²) in [5.74, 6) is 1.18. The third-order valence-corrected chi connectivity index (χ3v) is 4.65. The van der Waals surface area contributed by atoms with Gasteiger partial charge in [-0.3, -0.25) is 4.99 Å². The first-order chi connectivity index (χ1) is 12.1. The Balaban J connectivity index is 1.65. The number of halogens is 1. The van der Waals surface area contributed by atoms with Crippen molar-refractivity contribution in [2.24, 2.45) is 10.9 Å². The van der Waals surface area contributed by atoms with Crippen LogP contribution in [0.3, 0.4) is 0 Å². The minimum absolute atomic E-state index is 0.145. The highest BCUT2D eigenvalue weighted by atomic mass is 19.1. The van der Waals surface area contributed by atoms with E-state index in [1.807, 2.05) is 12.1 Å². The first-order valence-corrected chi connectivity index (χ1v) is 9.17. The fourth-order valence-corrected chi connectivity index (χ4v) is 3.04. The Morgan fingerprint density at radius 3 is 2.60 bits per heavy atom. The van der Waals surface area contributed by atoms with Gasteiger partial charge in [0.2, 0.25) is 0 Å². The fourth-order valence-electron chi connectivity index (χ4n) is 3.04. The van der Waals surface area contributed by atoms with Crippen molar-refractivity contribution in [3.63, 3.8) is 0 Å². The van der Waals surface area contributed by atoms with Crippen molar-refractivity contribution in [2.45, 2.75) is 13.3 Å². The summed E-state index contributed by atoms with van der Waals surface area (Å²) in [5.41, 5.74) is 0.730. The highest BCUT2D eigenvalue weighted by Gasteiger charge is 2.16. The number of nitrogens with one attached hydrogen (secondary N) is 2. The minimum atomic E-state index is -0.145. The van der Waals surface area contributed by atoms with Gasteiger partial charge in [-0.05, 0) is 31.0 Å². The van der Waals surface area contributed by atoms with Gasteiger partial charge in [-0.1, -0.05) is 25.1 Å². The molecule has 1 aliphatic rings. The number of likely N-dealkylation sites (N-methyl/N-ethyl adjacent to an activating group) is 1. The number of benzene rings is 1. The van der Waals surface area contributed by atoms with Crippen LogP contribution in [-0.4, -0.2) is 75.7 Å². The maximum Gasteiger partial charge on any atom is 0.190 e. The first kappa shape index (κ1) is 19.7. The lowest BCUT2D eigenvalue weighted by atomic mass is 10.1. The molecule has 0 spiro atoms. The molecule has 2 N–H and O–H groups in total. The molecule has 1 aromatic carbocycles. The van der Waals surface area contributed by atoms with Gasteiger partial charge in [0.05, 0.1) is 0 Å². The van der Waals surface area contributed by atoms with Crippen molar-refractivity contribution >= 4 is 5.96 Å². The number of guanidine groups is 1. The van der Waals surface area contributed by atoms with Gasteiger partial charge in [0.25, 0.3) is 0 Å². The Kier molecular flexibility index (Phi) is 8.15. The summed E-state index contributed by atoms with van der Waals surface area (Å²) >= 11 is 0. The molecule has 1 aromatic rings. The van der Waals surface area contributed by atoms with Gasteiger partial charge in [-0.2, -0.15) is 0 Å². The molecule has 1 fully saturated rings. The van der Waals surface area contributed by atoms with E-state index in [9.17, 15) is 4.39 Å². The quantitative estimate of drug-likeness (QED) is 0.577. The third kappa shape index (κ3) is 7.00. The van der Waals surface area contributed by atoms with Crippen LogP contribution in [0.1, 0.15) is 12.5 Å². The Morgan fingerprint density at radius 1 is 1.20 bits per heavy atom. The van der Waals surface area contributed by atoms with Crippen molar-refractivity contribution in [1.82, 2.24) is 20.4 Å². The number of piperazine rings is 1. The lowest BCUT2D eigenvalue weighted by molar-refractivity contribution is 0.139. The average Bonchev–Trinajstić information content (AvgIpc) is 2.61. The molecule has 1 unspecified atom stereocenters. The van der Waals surface area contributed by atoms with Crippen LogP contribution < -0.4 is 10.6 Å². The Hall–Kier alpha value is -1.66. The van der Waals surface area contributed by atoms with Crippen molar-refractivity contribution in [2.75, 3.05) is 59.9 Å². The SMILES string of the molecule is CN=C(NCCc1ccccc1F)NCC(C)CN1CCN(C)CC1. The molecule has 1 aliphatic heterocycles. The van der Waals surface area contributed by atoms with Crippen LogP contribution in [0.4, 0.5) is 4.39 Å². The molecule has 0 aliphatic carbocycles. The van der Waals surface area contributed by atoms with Crippen LogP contribution in [0, 0.1) is 11.7 Å². The molecule has 1 atom stereocenters. The topological polar surface area (TPSA) is 42.9 Å². The summed E-state index contributed by atoms with van der Waals surface area (Å²) in [7, 11) is 3.95. The van der Waals surface area contributed by atoms with Gasteiger partial charge in [0.1, 0.15) is 5.82 Å². The lowest BCUT2D eigenvalue weighted by Gasteiger charge is -2.34. The molecule has 140 valence electrons. The van der Waals surface area contributed by atoms with Crippen LogP contribution in [-0.2, 0) is 6.42 Å². The monoisotopic (exact) mass is 349 g/mol. The molecule has 0 radical (unpaired) electrons. The van der Waals surface area contributed by atoms with E-state index < -0.39 is 0 Å². The molecule has 2 rings (SSSR count). The van der Waals surface area contributed by atoms with Gasteiger partial charge in [0, 0.05) is 52.9 Å². The van der Waals surface area contributed by atoms with E-state index in [0.29, 0.717) is 18.9 Å².